The number of anilines is 2. The molecule has 0 saturated carbocycles. The molecule has 0 aliphatic carbocycles. The molecule has 0 bridgehead atoms. The molecule has 260 valence electrons. The zero-order valence-electron chi connectivity index (χ0n) is 26.7. The fourth-order valence-corrected chi connectivity index (χ4v) is 6.38. The van der Waals surface area contributed by atoms with Gasteiger partial charge in [-0.3, -0.25) is 33.5 Å². The van der Waals surface area contributed by atoms with Gasteiger partial charge in [0.25, 0.3) is 0 Å². The number of aromatic amines is 1. The third-order valence-corrected chi connectivity index (χ3v) is 8.61. The highest BCUT2D eigenvalue weighted by Crippen LogP contribution is 2.34. The molecule has 0 amide bonds. The second kappa shape index (κ2) is 16.0. The molecule has 20 heteroatoms. The van der Waals surface area contributed by atoms with Gasteiger partial charge in [0.2, 0.25) is 18.2 Å². The van der Waals surface area contributed by atoms with Gasteiger partial charge in [-0.2, -0.15) is 9.97 Å². The number of H-pyrrole nitrogens is 1. The Morgan fingerprint density at radius 1 is 0.854 bits per heavy atom. The van der Waals surface area contributed by atoms with Crippen LogP contribution in [0, 0.1) is 0 Å². The molecule has 6 heterocycles. The van der Waals surface area contributed by atoms with Gasteiger partial charge < -0.3 is 35.2 Å². The van der Waals surface area contributed by atoms with Gasteiger partial charge >= 0.3 is 27.7 Å². The molecule has 18 nitrogen and oxygen atoms in total. The Morgan fingerprint density at radius 3 is 2.04 bits per heavy atom. The Kier molecular flexibility index (Phi) is 12.1. The van der Waals surface area contributed by atoms with E-state index in [4.69, 9.17) is 35.2 Å². The molecule has 2 saturated heterocycles. The summed E-state index contributed by atoms with van der Waals surface area (Å²) in [4.78, 5) is 73.7. The summed E-state index contributed by atoms with van der Waals surface area (Å²) in [5.41, 5.74) is 11.8. The van der Waals surface area contributed by atoms with Crippen LogP contribution in [0.1, 0.15) is 66.5 Å². The van der Waals surface area contributed by atoms with Gasteiger partial charge in [-0.1, -0.05) is 36.5 Å². The lowest BCUT2D eigenvalue weighted by atomic mass is 10.1. The molecule has 6 rings (SSSR count). The van der Waals surface area contributed by atoms with Gasteiger partial charge in [0.15, 0.2) is 23.6 Å². The number of hydrogen-bond donors (Lipinski definition) is 3. The lowest BCUT2D eigenvalue weighted by Crippen LogP contribution is -2.30. The van der Waals surface area contributed by atoms with Gasteiger partial charge in [0.05, 0.1) is 34.0 Å². The normalized spacial score (nSPS) is 23.1. The maximum atomic E-state index is 12.3. The maximum Gasteiger partial charge on any atom is 0.311 e. The summed E-state index contributed by atoms with van der Waals surface area (Å²) < 4.78 is 29.3. The van der Waals surface area contributed by atoms with E-state index in [1.54, 1.807) is 0 Å². The zero-order valence-corrected chi connectivity index (χ0v) is 28.4. The first kappa shape index (κ1) is 36.3. The number of hydrogen-bond acceptors (Lipinski definition) is 18. The van der Waals surface area contributed by atoms with Crippen molar-refractivity contribution in [3.8, 4) is 0 Å². The molecule has 0 spiro atoms. The third kappa shape index (κ3) is 9.30. The van der Waals surface area contributed by atoms with E-state index in [1.807, 2.05) is 13.8 Å². The second-order valence-corrected chi connectivity index (χ2v) is 12.6. The minimum Gasteiger partial charge on any atom is -0.458 e. The molecule has 2 aliphatic heterocycles. The van der Waals surface area contributed by atoms with E-state index in [0.717, 1.165) is 40.2 Å². The topological polar surface area (TPSA) is 256 Å². The number of ether oxygens (including phenoxy) is 5. The Hall–Kier alpha value is -4.53. The van der Waals surface area contributed by atoms with Gasteiger partial charge in [-0.15, -0.1) is 0 Å². The summed E-state index contributed by atoms with van der Waals surface area (Å²) >= 11 is 2.08. The van der Waals surface area contributed by atoms with Crippen molar-refractivity contribution in [1.82, 2.24) is 29.5 Å². The number of nitrogens with zero attached hydrogens (tertiary/aromatic N) is 5. The molecule has 4 aromatic rings. The molecule has 2 aliphatic rings. The summed E-state index contributed by atoms with van der Waals surface area (Å²) in [6.45, 7) is 7.90. The standard InChI is InChI=1S/C13H16N4O4S.C10H16O5.C5H4N4OS/c1-3-7-4-8(20-6(2)18)11(21-7)17-10-9(22-13(17)19)5-15-12(14)16-10;1-4-8-5-9(13-6(2)11)10(15-8)14-7(3)12;6-4-7-1-2-3(8-4)9-5(10)11-2/h5,7-8,11H,3-4H2,1-2H3,(H2,14,15,16);8-10H,4-5H2,1-3H3;1H,(H3,6,7,8,9,10)/t7-,8-,11?;;/m1../s1. The van der Waals surface area contributed by atoms with Crippen molar-refractivity contribution in [2.45, 2.75) is 97.2 Å². The molecule has 6 atom stereocenters. The largest absolute Gasteiger partial charge is 0.458 e. The number of nitrogens with one attached hydrogen (secondary N) is 1. The number of rotatable bonds is 6. The monoisotopic (exact) mass is 708 g/mol. The number of carbonyl (C=O) groups excluding carboxylic acids is 3. The van der Waals surface area contributed by atoms with Crippen LogP contribution in [0.5, 0.6) is 0 Å². The van der Waals surface area contributed by atoms with Crippen molar-refractivity contribution in [2.75, 3.05) is 11.5 Å². The van der Waals surface area contributed by atoms with Crippen LogP contribution >= 0.6 is 22.7 Å². The molecule has 0 radical (unpaired) electrons. The van der Waals surface area contributed by atoms with Crippen molar-refractivity contribution in [2.24, 2.45) is 0 Å². The van der Waals surface area contributed by atoms with Gasteiger partial charge in [0.1, 0.15) is 6.10 Å². The highest BCUT2D eigenvalue weighted by molar-refractivity contribution is 7.16. The Morgan fingerprint density at radius 2 is 1.42 bits per heavy atom. The van der Waals surface area contributed by atoms with Crippen LogP contribution in [0.15, 0.2) is 22.0 Å². The minimum absolute atomic E-state index is 0.0151. The molecular formula is C28H36N8O10S2. The van der Waals surface area contributed by atoms with Gasteiger partial charge in [0, 0.05) is 33.6 Å². The van der Waals surface area contributed by atoms with Crippen LogP contribution in [-0.2, 0) is 38.1 Å². The second-order valence-electron chi connectivity index (χ2n) is 10.6. The van der Waals surface area contributed by atoms with Crippen LogP contribution < -0.4 is 21.2 Å². The lowest BCUT2D eigenvalue weighted by molar-refractivity contribution is -0.194. The van der Waals surface area contributed by atoms with Crippen LogP contribution in [0.25, 0.3) is 20.7 Å². The number of nitrogens with two attached hydrogens (primary N) is 2. The Labute approximate surface area is 280 Å². The number of esters is 3. The molecular weight excluding hydrogens is 672 g/mol. The van der Waals surface area contributed by atoms with E-state index in [2.05, 4.69) is 24.9 Å². The predicted octanol–water partition coefficient (Wildman–Crippen LogP) is 2.03. The predicted molar refractivity (Wildman–Crippen MR) is 174 cm³/mol. The van der Waals surface area contributed by atoms with Crippen LogP contribution in [-0.4, -0.2) is 78.1 Å². The Bertz CT molecular complexity index is 1850. The van der Waals surface area contributed by atoms with E-state index in [9.17, 15) is 24.0 Å². The highest BCUT2D eigenvalue weighted by Gasteiger charge is 2.40. The summed E-state index contributed by atoms with van der Waals surface area (Å²) in [6, 6.07) is 0. The average Bonchev–Trinajstić information content (AvgIpc) is 3.76. The number of aromatic nitrogens is 6. The first-order chi connectivity index (χ1) is 22.8. The zero-order chi connectivity index (χ0) is 35.1. The summed E-state index contributed by atoms with van der Waals surface area (Å²) in [5.74, 6) is -0.983. The van der Waals surface area contributed by atoms with Gasteiger partial charge in [-0.25, -0.2) is 9.97 Å². The van der Waals surface area contributed by atoms with Crippen LogP contribution in [0.2, 0.25) is 0 Å². The molecule has 4 unspecified atom stereocenters. The Balaban J connectivity index is 0.000000174. The van der Waals surface area contributed by atoms with E-state index in [1.165, 1.54) is 37.7 Å². The van der Waals surface area contributed by atoms with E-state index >= 15 is 0 Å². The molecule has 48 heavy (non-hydrogen) atoms. The number of carbonyl (C=O) groups is 3. The van der Waals surface area contributed by atoms with Crippen molar-refractivity contribution in [3.63, 3.8) is 0 Å². The number of fused-ring (bicyclic) bond motifs is 2. The van der Waals surface area contributed by atoms with E-state index in [-0.39, 0.29) is 33.9 Å². The van der Waals surface area contributed by atoms with Gasteiger partial charge in [-0.05, 0) is 12.8 Å². The molecule has 5 N–H and O–H groups in total. The van der Waals surface area contributed by atoms with Crippen LogP contribution in [0.4, 0.5) is 11.9 Å². The van der Waals surface area contributed by atoms with Crippen molar-refractivity contribution < 1.29 is 38.1 Å². The molecule has 0 aromatic carbocycles. The fraction of sp³-hybridized carbons (Fsp3) is 0.536. The van der Waals surface area contributed by atoms with Crippen molar-refractivity contribution in [1.29, 1.82) is 0 Å². The van der Waals surface area contributed by atoms with Crippen molar-refractivity contribution in [3.05, 3.63) is 31.7 Å². The molecule has 2 fully saturated rings. The average molecular weight is 709 g/mol. The first-order valence-corrected chi connectivity index (χ1v) is 16.5. The number of nitrogen functional groups attached to an aromatic ring is 2. The minimum atomic E-state index is -0.753. The van der Waals surface area contributed by atoms with Crippen LogP contribution in [0.3, 0.4) is 0 Å². The number of thiazole rings is 2. The highest BCUT2D eigenvalue weighted by atomic mass is 32.1. The fourth-order valence-electron chi connectivity index (χ4n) is 4.92. The van der Waals surface area contributed by atoms with E-state index in [0.29, 0.717) is 28.8 Å². The van der Waals surface area contributed by atoms with E-state index < -0.39 is 42.6 Å². The first-order valence-electron chi connectivity index (χ1n) is 14.8. The SMILES string of the molecule is CCC1CC(OC(C)=O)C(OC(C)=O)O1.CC[C@@H]1C[C@@H](OC(C)=O)C(n2c(=O)sc3cnc(N)nc32)O1.Nc1ncc2sc(=O)[nH]c2n1. The van der Waals surface area contributed by atoms with Crippen molar-refractivity contribution >= 4 is 73.2 Å². The lowest BCUT2D eigenvalue weighted by Gasteiger charge is -2.19. The quantitative estimate of drug-likeness (QED) is 0.191. The maximum absolute atomic E-state index is 12.3. The summed E-state index contributed by atoms with van der Waals surface area (Å²) in [5, 5.41) is 0. The summed E-state index contributed by atoms with van der Waals surface area (Å²) in [7, 11) is 0. The summed E-state index contributed by atoms with van der Waals surface area (Å²) in [6.07, 6.45) is 3.20. The smallest absolute Gasteiger partial charge is 0.311 e. The molecule has 4 aromatic heterocycles. The third-order valence-electron chi connectivity index (χ3n) is 6.93.